The number of allylic oxidation sites excluding steroid dienone is 7. The largest absolute Gasteiger partial charge is 0.352 e. The molecule has 0 spiro atoms. The first-order valence-electron chi connectivity index (χ1n) is 14.3. The van der Waals surface area contributed by atoms with Gasteiger partial charge in [0.25, 0.3) is 0 Å². The van der Waals surface area contributed by atoms with Crippen LogP contribution in [0.4, 0.5) is 0 Å². The molecule has 1 atom stereocenters. The number of sulfonamides is 1. The number of amides is 2. The summed E-state index contributed by atoms with van der Waals surface area (Å²) in [6.45, 7) is 12.1. The van der Waals surface area contributed by atoms with E-state index in [4.69, 9.17) is 6.42 Å². The zero-order valence-corrected chi connectivity index (χ0v) is 26.1. The van der Waals surface area contributed by atoms with Crippen molar-refractivity contribution < 1.29 is 18.0 Å². The number of hydrogen-bond donors (Lipinski definition) is 3. The second-order valence-corrected chi connectivity index (χ2v) is 12.3. The molecule has 2 fully saturated rings. The van der Waals surface area contributed by atoms with E-state index in [0.29, 0.717) is 6.54 Å². The van der Waals surface area contributed by atoms with Crippen molar-refractivity contribution >= 4 is 27.9 Å². The summed E-state index contributed by atoms with van der Waals surface area (Å²) >= 11 is 0. The highest BCUT2D eigenvalue weighted by Gasteiger charge is 2.26. The number of aromatic amines is 1. The monoisotopic (exact) mass is 595 g/mol. The molecule has 9 nitrogen and oxygen atoms in total. The summed E-state index contributed by atoms with van der Waals surface area (Å²) < 4.78 is 27.9. The molecular formula is C32H45N5O4S. The van der Waals surface area contributed by atoms with Gasteiger partial charge in [-0.3, -0.25) is 14.7 Å². The number of nitrogens with zero attached hydrogens (tertiary/aromatic N) is 2. The maximum absolute atomic E-state index is 12.6. The fraction of sp³-hybridized carbons (Fsp3) is 0.469. The second kappa shape index (κ2) is 17.3. The lowest BCUT2D eigenvalue weighted by atomic mass is 9.96. The SMILES string of the molecule is C#C/C=C\CC/C=C(\C)[C@H]1CNC(=O)CN1C=O.C=C/C(=C\C=C(/C)c1c(C)n[nH]c1C)S(=O)(=O)NC1CCCCC1. The van der Waals surface area contributed by atoms with E-state index < -0.39 is 10.0 Å². The molecule has 1 aliphatic carbocycles. The molecule has 1 saturated heterocycles. The van der Waals surface area contributed by atoms with Crippen molar-refractivity contribution in [3.63, 3.8) is 0 Å². The van der Waals surface area contributed by atoms with Crippen molar-refractivity contribution in [1.82, 2.24) is 25.1 Å². The van der Waals surface area contributed by atoms with Crippen molar-refractivity contribution in [2.45, 2.75) is 84.7 Å². The number of terminal acetylenes is 1. The molecule has 1 aromatic rings. The molecule has 0 unspecified atom stereocenters. The predicted octanol–water partition coefficient (Wildman–Crippen LogP) is 4.61. The van der Waals surface area contributed by atoms with Crippen LogP contribution in [0.25, 0.3) is 5.57 Å². The van der Waals surface area contributed by atoms with Crippen LogP contribution in [0.1, 0.15) is 75.7 Å². The number of aryl methyl sites for hydroxylation is 2. The molecular weight excluding hydrogens is 550 g/mol. The molecule has 1 saturated carbocycles. The van der Waals surface area contributed by atoms with Crippen LogP contribution >= 0.6 is 0 Å². The Labute approximate surface area is 251 Å². The van der Waals surface area contributed by atoms with E-state index in [2.05, 4.69) is 38.8 Å². The molecule has 228 valence electrons. The van der Waals surface area contributed by atoms with Gasteiger partial charge in [0.1, 0.15) is 0 Å². The van der Waals surface area contributed by atoms with E-state index in [0.717, 1.165) is 73.0 Å². The number of hydrogen-bond acceptors (Lipinski definition) is 5. The highest BCUT2D eigenvalue weighted by molar-refractivity contribution is 7.93. The number of carbonyl (C=O) groups excluding carboxylic acids is 2. The first-order valence-corrected chi connectivity index (χ1v) is 15.8. The number of nitrogens with one attached hydrogen (secondary N) is 3. The molecule has 10 heteroatoms. The average Bonchev–Trinajstić information content (AvgIpc) is 3.30. The lowest BCUT2D eigenvalue weighted by Gasteiger charge is -2.33. The summed E-state index contributed by atoms with van der Waals surface area (Å²) in [7, 11) is -3.53. The number of rotatable bonds is 11. The van der Waals surface area contributed by atoms with Gasteiger partial charge in [-0.25, -0.2) is 13.1 Å². The Morgan fingerprint density at radius 2 is 1.90 bits per heavy atom. The van der Waals surface area contributed by atoms with Crippen LogP contribution in [0.2, 0.25) is 0 Å². The molecule has 3 N–H and O–H groups in total. The Bertz CT molecular complexity index is 1340. The molecule has 1 aromatic heterocycles. The lowest BCUT2D eigenvalue weighted by molar-refractivity contribution is -0.132. The van der Waals surface area contributed by atoms with E-state index in [1.54, 1.807) is 12.2 Å². The van der Waals surface area contributed by atoms with Crippen molar-refractivity contribution in [3.05, 3.63) is 70.5 Å². The third-order valence-corrected chi connectivity index (χ3v) is 8.92. The third-order valence-electron chi connectivity index (χ3n) is 7.35. The highest BCUT2D eigenvalue weighted by atomic mass is 32.2. The Kier molecular flexibility index (Phi) is 14.2. The molecule has 0 aromatic carbocycles. The fourth-order valence-corrected chi connectivity index (χ4v) is 6.36. The molecule has 42 heavy (non-hydrogen) atoms. The number of H-pyrrole nitrogens is 1. The summed E-state index contributed by atoms with van der Waals surface area (Å²) in [6.07, 6.45) is 23.3. The van der Waals surface area contributed by atoms with E-state index in [1.165, 1.54) is 17.4 Å². The van der Waals surface area contributed by atoms with Gasteiger partial charge < -0.3 is 10.2 Å². The normalized spacial score (nSPS) is 19.1. The van der Waals surface area contributed by atoms with E-state index in [1.807, 2.05) is 39.8 Å². The second-order valence-electron chi connectivity index (χ2n) is 10.6. The Morgan fingerprint density at radius 3 is 2.50 bits per heavy atom. The maximum atomic E-state index is 12.6. The number of aromatic nitrogens is 2. The van der Waals surface area contributed by atoms with Crippen molar-refractivity contribution in [1.29, 1.82) is 0 Å². The first-order chi connectivity index (χ1) is 20.0. The quantitative estimate of drug-likeness (QED) is 0.113. The van der Waals surface area contributed by atoms with Gasteiger partial charge in [-0.15, -0.1) is 6.42 Å². The van der Waals surface area contributed by atoms with Crippen LogP contribution in [0.5, 0.6) is 0 Å². The topological polar surface area (TPSA) is 124 Å². The molecule has 0 radical (unpaired) electrons. The minimum absolute atomic E-state index is 0.0307. The minimum Gasteiger partial charge on any atom is -0.352 e. The Morgan fingerprint density at radius 1 is 1.19 bits per heavy atom. The van der Waals surface area contributed by atoms with Crippen LogP contribution in [-0.4, -0.2) is 61.0 Å². The van der Waals surface area contributed by atoms with Crippen molar-refractivity contribution in [3.8, 4) is 12.3 Å². The van der Waals surface area contributed by atoms with Crippen LogP contribution in [0, 0.1) is 26.2 Å². The number of carbonyl (C=O) groups is 2. The van der Waals surface area contributed by atoms with Crippen LogP contribution in [-0.2, 0) is 19.6 Å². The fourth-order valence-electron chi connectivity index (χ4n) is 5.09. The van der Waals surface area contributed by atoms with Crippen LogP contribution in [0.15, 0.2) is 53.5 Å². The minimum atomic E-state index is -3.53. The smallest absolute Gasteiger partial charge is 0.240 e. The Balaban J connectivity index is 0.000000307. The first kappa shape index (κ1) is 34.5. The number of piperazine rings is 1. The summed E-state index contributed by atoms with van der Waals surface area (Å²) in [6, 6.07) is 0.00681. The Hall–Kier alpha value is -3.68. The standard InChI is InChI=1S/C18H27N3O2S.C14H18N2O2/c1-5-17(24(22,23)21-16-9-7-6-8-10-16)12-11-13(2)18-14(3)19-20-15(18)4;1-3-4-5-6-7-8-12(2)13-9-15-14(18)10-16(13)11-17/h5,11-12,16,21H,1,6-10H2,2-4H3,(H,19,20);1,4-5,8,11,13H,6-7,9-10H2,2H3,(H,15,18)/b13-11+,17-12+;5-4-,12-8+/t;13-/m.1/s1. The van der Waals surface area contributed by atoms with Gasteiger partial charge in [-0.2, -0.15) is 5.10 Å². The molecule has 2 amide bonds. The van der Waals surface area contributed by atoms with E-state index in [9.17, 15) is 18.0 Å². The van der Waals surface area contributed by atoms with Crippen LogP contribution in [0.3, 0.4) is 0 Å². The van der Waals surface area contributed by atoms with Gasteiger partial charge >= 0.3 is 0 Å². The maximum Gasteiger partial charge on any atom is 0.240 e. The third kappa shape index (κ3) is 10.6. The van der Waals surface area contributed by atoms with Gasteiger partial charge in [-0.1, -0.05) is 55.6 Å². The zero-order valence-electron chi connectivity index (χ0n) is 25.3. The van der Waals surface area contributed by atoms with Gasteiger partial charge in [0.2, 0.25) is 22.3 Å². The summed E-state index contributed by atoms with van der Waals surface area (Å²) in [5.41, 5.74) is 4.95. The molecule has 3 rings (SSSR count). The van der Waals surface area contributed by atoms with Gasteiger partial charge in [-0.05, 0) is 77.2 Å². The van der Waals surface area contributed by atoms with Gasteiger partial charge in [0.05, 0.1) is 23.2 Å². The molecule has 1 aliphatic heterocycles. The highest BCUT2D eigenvalue weighted by Crippen LogP contribution is 2.22. The predicted molar refractivity (Wildman–Crippen MR) is 169 cm³/mol. The molecule has 0 bridgehead atoms. The zero-order chi connectivity index (χ0) is 31.1. The lowest BCUT2D eigenvalue weighted by Crippen LogP contribution is -2.54. The summed E-state index contributed by atoms with van der Waals surface area (Å²) in [5.74, 6) is 2.33. The van der Waals surface area contributed by atoms with Gasteiger partial charge in [0.15, 0.2) is 0 Å². The average molecular weight is 596 g/mol. The van der Waals surface area contributed by atoms with Crippen molar-refractivity contribution in [2.75, 3.05) is 13.1 Å². The van der Waals surface area contributed by atoms with E-state index >= 15 is 0 Å². The number of unbranched alkanes of at least 4 members (excludes halogenated alkanes) is 1. The van der Waals surface area contributed by atoms with Crippen molar-refractivity contribution in [2.24, 2.45) is 0 Å². The van der Waals surface area contributed by atoms with Gasteiger partial charge in [0, 0.05) is 23.8 Å². The summed E-state index contributed by atoms with van der Waals surface area (Å²) in [4.78, 5) is 23.8. The molecule has 2 heterocycles. The van der Waals surface area contributed by atoms with Crippen LogP contribution < -0.4 is 10.0 Å². The molecule has 2 aliphatic rings. The van der Waals surface area contributed by atoms with E-state index in [-0.39, 0.29) is 29.4 Å². The summed E-state index contributed by atoms with van der Waals surface area (Å²) in [5, 5.41) is 9.88.